The topological polar surface area (TPSA) is 42.0 Å². The molecule has 1 atom stereocenters. The van der Waals surface area contributed by atoms with E-state index in [1.165, 1.54) is 0 Å². The Bertz CT molecular complexity index is 444. The van der Waals surface area contributed by atoms with Gasteiger partial charge in [0.15, 0.2) is 0 Å². The smallest absolute Gasteiger partial charge is 0.251 e. The van der Waals surface area contributed by atoms with Crippen molar-refractivity contribution >= 4 is 5.91 Å². The van der Waals surface area contributed by atoms with Crippen molar-refractivity contribution in [1.82, 2.24) is 9.80 Å². The van der Waals surface area contributed by atoms with E-state index >= 15 is 0 Å². The van der Waals surface area contributed by atoms with Gasteiger partial charge in [0.2, 0.25) is 0 Å². The number of rotatable bonds is 7. The van der Waals surface area contributed by atoms with Crippen LogP contribution in [0.25, 0.3) is 0 Å². The van der Waals surface area contributed by atoms with Gasteiger partial charge in [-0.2, -0.15) is 0 Å². The van der Waals surface area contributed by atoms with Gasteiger partial charge in [-0.25, -0.2) is 0 Å². The van der Waals surface area contributed by atoms with Crippen molar-refractivity contribution in [1.29, 1.82) is 0 Å². The van der Waals surface area contributed by atoms with Crippen molar-refractivity contribution in [3.63, 3.8) is 0 Å². The van der Waals surface area contributed by atoms with Crippen LogP contribution in [0.15, 0.2) is 30.3 Å². The van der Waals surface area contributed by atoms with Gasteiger partial charge in [-0.15, -0.1) is 0 Å². The number of carbonyl (C=O) groups excluding carboxylic acids is 1. The molecule has 1 aromatic carbocycles. The molecule has 5 heteroatoms. The predicted octanol–water partition coefficient (Wildman–Crippen LogP) is 1.63. The van der Waals surface area contributed by atoms with E-state index in [4.69, 9.17) is 9.47 Å². The third kappa shape index (κ3) is 5.00. The van der Waals surface area contributed by atoms with Crippen LogP contribution < -0.4 is 4.74 Å². The summed E-state index contributed by atoms with van der Waals surface area (Å²) in [5.74, 6) is 1.00. The molecule has 1 amide bonds. The predicted molar refractivity (Wildman–Crippen MR) is 86.0 cm³/mol. The summed E-state index contributed by atoms with van der Waals surface area (Å²) in [7, 11) is 0. The average Bonchev–Trinajstić information content (AvgIpc) is 2.56. The summed E-state index contributed by atoms with van der Waals surface area (Å²) < 4.78 is 11.1. The van der Waals surface area contributed by atoms with Gasteiger partial charge >= 0.3 is 0 Å². The summed E-state index contributed by atoms with van der Waals surface area (Å²) >= 11 is 0. The molecular formula is C17H26N2O3. The minimum atomic E-state index is -0.335. The molecule has 1 heterocycles. The molecular weight excluding hydrogens is 280 g/mol. The number of amides is 1. The van der Waals surface area contributed by atoms with Crippen molar-refractivity contribution in [2.75, 3.05) is 45.9 Å². The molecule has 1 aromatic rings. The molecule has 5 nitrogen and oxygen atoms in total. The molecule has 122 valence electrons. The monoisotopic (exact) mass is 306 g/mol. The Morgan fingerprint density at radius 3 is 2.50 bits per heavy atom. The van der Waals surface area contributed by atoms with Gasteiger partial charge in [0, 0.05) is 39.3 Å². The van der Waals surface area contributed by atoms with Crippen LogP contribution in [0.2, 0.25) is 0 Å². The highest BCUT2D eigenvalue weighted by Gasteiger charge is 2.24. The van der Waals surface area contributed by atoms with Crippen LogP contribution in [0.1, 0.15) is 13.8 Å². The maximum atomic E-state index is 12.2. The molecule has 1 fully saturated rings. The Kier molecular flexibility index (Phi) is 6.68. The van der Waals surface area contributed by atoms with E-state index in [2.05, 4.69) is 4.90 Å². The Balaban J connectivity index is 1.66. The van der Waals surface area contributed by atoms with Crippen molar-refractivity contribution in [3.8, 4) is 5.75 Å². The second-order valence-corrected chi connectivity index (χ2v) is 5.43. The number of benzene rings is 1. The highest BCUT2D eigenvalue weighted by atomic mass is 16.5. The molecule has 1 unspecified atom stereocenters. The fraction of sp³-hybridized carbons (Fsp3) is 0.588. The zero-order valence-electron chi connectivity index (χ0n) is 13.5. The number of piperazine rings is 1. The van der Waals surface area contributed by atoms with Crippen LogP contribution >= 0.6 is 0 Å². The van der Waals surface area contributed by atoms with E-state index in [9.17, 15) is 4.79 Å². The molecule has 0 spiro atoms. The highest BCUT2D eigenvalue weighted by Crippen LogP contribution is 2.09. The molecule has 0 N–H and O–H groups in total. The highest BCUT2D eigenvalue weighted by molar-refractivity contribution is 5.80. The second kappa shape index (κ2) is 8.76. The standard InChI is InChI=1S/C17H26N2O3/c1-3-21-15(2)17(20)19-11-9-18(10-12-19)13-14-22-16-7-5-4-6-8-16/h4-8,15H,3,9-14H2,1-2H3. The number of hydrogen-bond donors (Lipinski definition) is 0. The van der Waals surface area contributed by atoms with Crippen LogP contribution in [0.5, 0.6) is 5.75 Å². The van der Waals surface area contributed by atoms with Gasteiger partial charge in [0.1, 0.15) is 18.5 Å². The maximum Gasteiger partial charge on any atom is 0.251 e. The molecule has 0 aliphatic carbocycles. The molecule has 0 aromatic heterocycles. The summed E-state index contributed by atoms with van der Waals surface area (Å²) in [4.78, 5) is 16.4. The summed E-state index contributed by atoms with van der Waals surface area (Å²) in [6.45, 7) is 9.18. The quantitative estimate of drug-likeness (QED) is 0.768. The van der Waals surface area contributed by atoms with Crippen molar-refractivity contribution in [2.24, 2.45) is 0 Å². The number of ether oxygens (including phenoxy) is 2. The van der Waals surface area contributed by atoms with Crippen LogP contribution in [0, 0.1) is 0 Å². The fourth-order valence-corrected chi connectivity index (χ4v) is 2.58. The van der Waals surface area contributed by atoms with Crippen molar-refractivity contribution in [3.05, 3.63) is 30.3 Å². The largest absolute Gasteiger partial charge is 0.492 e. The van der Waals surface area contributed by atoms with E-state index in [1.807, 2.05) is 49.1 Å². The fourth-order valence-electron chi connectivity index (χ4n) is 2.58. The Hall–Kier alpha value is -1.59. The zero-order valence-corrected chi connectivity index (χ0v) is 13.5. The molecule has 0 radical (unpaired) electrons. The normalized spacial score (nSPS) is 17.3. The minimum absolute atomic E-state index is 0.0991. The minimum Gasteiger partial charge on any atom is -0.492 e. The molecule has 1 saturated heterocycles. The first-order valence-electron chi connectivity index (χ1n) is 8.01. The molecule has 1 aliphatic rings. The Labute approximate surface area is 132 Å². The van der Waals surface area contributed by atoms with Gasteiger partial charge in [-0.1, -0.05) is 18.2 Å². The zero-order chi connectivity index (χ0) is 15.8. The van der Waals surface area contributed by atoms with Gasteiger partial charge in [0.05, 0.1) is 0 Å². The van der Waals surface area contributed by atoms with E-state index < -0.39 is 0 Å². The lowest BCUT2D eigenvalue weighted by molar-refractivity contribution is -0.144. The van der Waals surface area contributed by atoms with Crippen LogP contribution in [0.3, 0.4) is 0 Å². The maximum absolute atomic E-state index is 12.2. The third-order valence-corrected chi connectivity index (χ3v) is 3.87. The van der Waals surface area contributed by atoms with Gasteiger partial charge in [-0.05, 0) is 26.0 Å². The average molecular weight is 306 g/mol. The molecule has 0 bridgehead atoms. The van der Waals surface area contributed by atoms with Crippen molar-refractivity contribution < 1.29 is 14.3 Å². The summed E-state index contributed by atoms with van der Waals surface area (Å²) in [5, 5.41) is 0. The van der Waals surface area contributed by atoms with Gasteiger partial charge in [0.25, 0.3) is 5.91 Å². The first-order chi connectivity index (χ1) is 10.7. The number of carbonyl (C=O) groups is 1. The number of nitrogens with zero attached hydrogens (tertiary/aromatic N) is 2. The van der Waals surface area contributed by atoms with Crippen molar-refractivity contribution in [2.45, 2.75) is 20.0 Å². The van der Waals surface area contributed by atoms with Gasteiger partial charge < -0.3 is 14.4 Å². The first kappa shape index (κ1) is 16.8. The first-order valence-corrected chi connectivity index (χ1v) is 8.01. The lowest BCUT2D eigenvalue weighted by Crippen LogP contribution is -2.52. The number of para-hydroxylation sites is 1. The Morgan fingerprint density at radius 1 is 1.18 bits per heavy atom. The van der Waals surface area contributed by atoms with Gasteiger partial charge in [-0.3, -0.25) is 9.69 Å². The summed E-state index contributed by atoms with van der Waals surface area (Å²) in [6.07, 6.45) is -0.335. The molecule has 22 heavy (non-hydrogen) atoms. The summed E-state index contributed by atoms with van der Waals surface area (Å²) in [6, 6.07) is 9.85. The third-order valence-electron chi connectivity index (χ3n) is 3.87. The molecule has 2 rings (SSSR count). The van der Waals surface area contributed by atoms with E-state index in [1.54, 1.807) is 0 Å². The second-order valence-electron chi connectivity index (χ2n) is 5.43. The summed E-state index contributed by atoms with van der Waals surface area (Å²) in [5.41, 5.74) is 0. The Morgan fingerprint density at radius 2 is 1.86 bits per heavy atom. The molecule has 0 saturated carbocycles. The lowest BCUT2D eigenvalue weighted by Gasteiger charge is -2.35. The number of hydrogen-bond acceptors (Lipinski definition) is 4. The SMILES string of the molecule is CCOC(C)C(=O)N1CCN(CCOc2ccccc2)CC1. The van der Waals surface area contributed by atoms with Crippen LogP contribution in [0.4, 0.5) is 0 Å². The van der Waals surface area contributed by atoms with E-state index in [0.29, 0.717) is 13.2 Å². The van der Waals surface area contributed by atoms with E-state index in [0.717, 1.165) is 38.5 Å². The van der Waals surface area contributed by atoms with Crippen LogP contribution in [-0.4, -0.2) is 67.7 Å². The molecule has 1 aliphatic heterocycles. The van der Waals surface area contributed by atoms with E-state index in [-0.39, 0.29) is 12.0 Å². The lowest BCUT2D eigenvalue weighted by atomic mass is 10.2. The van der Waals surface area contributed by atoms with Crippen LogP contribution in [-0.2, 0) is 9.53 Å².